The normalized spacial score (nSPS) is 16.4. The number of hydrogen-bond acceptors (Lipinski definition) is 4. The number of nitrogens with one attached hydrogen (secondary N) is 1. The number of para-hydroxylation sites is 1. The fourth-order valence-corrected chi connectivity index (χ4v) is 6.45. The standard InChI is InChI=1S/C33H29BrN4/c34-26-14-15-29-30(20-26)37-31(24-6-2-1-3-7-24)32(36-29)25-12-10-23(11-13-25)21-38-18-16-33(17-19-38)22-35-28-9-5-4-8-27(28)33/h1-15,20,35H,16-19,21-22H2. The number of piperidine rings is 1. The fourth-order valence-electron chi connectivity index (χ4n) is 6.10. The highest BCUT2D eigenvalue weighted by atomic mass is 79.9. The van der Waals surface area contributed by atoms with Gasteiger partial charge in [-0.15, -0.1) is 0 Å². The summed E-state index contributed by atoms with van der Waals surface area (Å²) in [5.74, 6) is 0. The Labute approximate surface area is 231 Å². The molecule has 1 spiro atoms. The minimum Gasteiger partial charge on any atom is -0.384 e. The Morgan fingerprint density at radius 2 is 1.42 bits per heavy atom. The molecule has 0 atom stereocenters. The minimum absolute atomic E-state index is 0.301. The Bertz CT molecular complexity index is 1610. The second-order valence-corrected chi connectivity index (χ2v) is 11.5. The van der Waals surface area contributed by atoms with Crippen molar-refractivity contribution in [2.24, 2.45) is 0 Å². The van der Waals surface area contributed by atoms with Gasteiger partial charge in [0.05, 0.1) is 22.4 Å². The van der Waals surface area contributed by atoms with Crippen LogP contribution in [0.15, 0.2) is 102 Å². The molecule has 188 valence electrons. The number of aromatic nitrogens is 2. The van der Waals surface area contributed by atoms with Crippen LogP contribution < -0.4 is 5.32 Å². The zero-order chi connectivity index (χ0) is 25.5. The lowest BCUT2D eigenvalue weighted by Gasteiger charge is -2.39. The van der Waals surface area contributed by atoms with Gasteiger partial charge >= 0.3 is 0 Å². The van der Waals surface area contributed by atoms with Gasteiger partial charge in [-0.05, 0) is 61.3 Å². The van der Waals surface area contributed by atoms with E-state index in [1.807, 2.05) is 24.3 Å². The van der Waals surface area contributed by atoms with Gasteiger partial charge in [-0.25, -0.2) is 9.97 Å². The molecule has 2 aliphatic rings. The van der Waals surface area contributed by atoms with Crippen LogP contribution in [0.3, 0.4) is 0 Å². The molecule has 4 nitrogen and oxygen atoms in total. The minimum atomic E-state index is 0.301. The number of benzene rings is 4. The van der Waals surface area contributed by atoms with Gasteiger partial charge in [-0.1, -0.05) is 88.7 Å². The van der Waals surface area contributed by atoms with Gasteiger partial charge in [0, 0.05) is 39.8 Å². The quantitative estimate of drug-likeness (QED) is 0.244. The third kappa shape index (κ3) is 4.30. The zero-order valence-electron chi connectivity index (χ0n) is 21.2. The summed E-state index contributed by atoms with van der Waals surface area (Å²) in [7, 11) is 0. The molecular weight excluding hydrogens is 532 g/mol. The van der Waals surface area contributed by atoms with Crippen molar-refractivity contribution in [1.82, 2.24) is 14.9 Å². The average molecular weight is 562 g/mol. The number of halogens is 1. The lowest BCUT2D eigenvalue weighted by molar-refractivity contribution is 0.162. The molecule has 7 rings (SSSR count). The number of hydrogen-bond donors (Lipinski definition) is 1. The molecule has 2 aliphatic heterocycles. The maximum absolute atomic E-state index is 5.07. The molecule has 1 aromatic heterocycles. The van der Waals surface area contributed by atoms with Crippen molar-refractivity contribution >= 4 is 32.7 Å². The molecule has 4 aromatic carbocycles. The van der Waals surface area contributed by atoms with Crippen molar-refractivity contribution in [3.05, 3.63) is 113 Å². The molecule has 0 amide bonds. The zero-order valence-corrected chi connectivity index (χ0v) is 22.8. The van der Waals surface area contributed by atoms with Gasteiger partial charge in [0.25, 0.3) is 0 Å². The first-order chi connectivity index (χ1) is 18.7. The van der Waals surface area contributed by atoms with E-state index in [0.29, 0.717) is 5.41 Å². The number of fused-ring (bicyclic) bond motifs is 3. The largest absolute Gasteiger partial charge is 0.384 e. The van der Waals surface area contributed by atoms with E-state index in [9.17, 15) is 0 Å². The first kappa shape index (κ1) is 23.6. The van der Waals surface area contributed by atoms with Crippen LogP contribution in [0.2, 0.25) is 0 Å². The Morgan fingerprint density at radius 1 is 0.737 bits per heavy atom. The highest BCUT2D eigenvalue weighted by Crippen LogP contribution is 2.44. The second-order valence-electron chi connectivity index (χ2n) is 10.6. The van der Waals surface area contributed by atoms with Crippen LogP contribution in [-0.4, -0.2) is 34.5 Å². The van der Waals surface area contributed by atoms with Gasteiger partial charge in [0.2, 0.25) is 0 Å². The summed E-state index contributed by atoms with van der Waals surface area (Å²) in [6, 6.07) is 34.2. The van der Waals surface area contributed by atoms with Crippen LogP contribution in [0.5, 0.6) is 0 Å². The Hall–Kier alpha value is -3.54. The summed E-state index contributed by atoms with van der Waals surface area (Å²) in [4.78, 5) is 12.7. The molecule has 0 radical (unpaired) electrons. The monoisotopic (exact) mass is 560 g/mol. The van der Waals surface area contributed by atoms with Crippen molar-refractivity contribution in [3.8, 4) is 22.5 Å². The van der Waals surface area contributed by atoms with E-state index >= 15 is 0 Å². The number of rotatable bonds is 4. The van der Waals surface area contributed by atoms with Crippen LogP contribution in [0, 0.1) is 0 Å². The summed E-state index contributed by atoms with van der Waals surface area (Å²) in [5, 5.41) is 3.65. The lowest BCUT2D eigenvalue weighted by Crippen LogP contribution is -2.43. The van der Waals surface area contributed by atoms with Gasteiger partial charge in [-0.3, -0.25) is 4.90 Å². The van der Waals surface area contributed by atoms with E-state index in [2.05, 4.69) is 98.9 Å². The highest BCUT2D eigenvalue weighted by Gasteiger charge is 2.41. The average Bonchev–Trinajstić information content (AvgIpc) is 3.32. The lowest BCUT2D eigenvalue weighted by atomic mass is 9.74. The second kappa shape index (κ2) is 9.64. The van der Waals surface area contributed by atoms with Gasteiger partial charge in [-0.2, -0.15) is 0 Å². The van der Waals surface area contributed by atoms with Crippen LogP contribution in [0.4, 0.5) is 5.69 Å². The SMILES string of the molecule is Brc1ccc2nc(-c3ccc(CN4CCC5(CC4)CNc4ccccc45)cc3)c(-c3ccccc3)nc2c1. The van der Waals surface area contributed by atoms with E-state index in [4.69, 9.17) is 9.97 Å². The van der Waals surface area contributed by atoms with Crippen molar-refractivity contribution in [1.29, 1.82) is 0 Å². The van der Waals surface area contributed by atoms with Crippen LogP contribution >= 0.6 is 15.9 Å². The molecule has 1 saturated heterocycles. The fraction of sp³-hybridized carbons (Fsp3) is 0.212. The van der Waals surface area contributed by atoms with E-state index in [1.165, 1.54) is 29.7 Å². The molecule has 5 heteroatoms. The summed E-state index contributed by atoms with van der Waals surface area (Å²) in [6.07, 6.45) is 2.41. The van der Waals surface area contributed by atoms with Crippen LogP contribution in [0.25, 0.3) is 33.5 Å². The molecule has 0 bridgehead atoms. The Morgan fingerprint density at radius 3 is 2.21 bits per heavy atom. The van der Waals surface area contributed by atoms with E-state index in [0.717, 1.165) is 64.2 Å². The highest BCUT2D eigenvalue weighted by molar-refractivity contribution is 9.10. The van der Waals surface area contributed by atoms with Crippen molar-refractivity contribution in [2.45, 2.75) is 24.8 Å². The third-order valence-corrected chi connectivity index (χ3v) is 8.73. The maximum atomic E-state index is 5.07. The topological polar surface area (TPSA) is 41.1 Å². The van der Waals surface area contributed by atoms with Crippen molar-refractivity contribution < 1.29 is 0 Å². The molecule has 0 aliphatic carbocycles. The molecule has 0 unspecified atom stereocenters. The molecular formula is C33H29BrN4. The maximum Gasteiger partial charge on any atom is 0.0973 e. The first-order valence-corrected chi connectivity index (χ1v) is 14.1. The predicted octanol–water partition coefficient (Wildman–Crippen LogP) is 7.69. The van der Waals surface area contributed by atoms with E-state index in [-0.39, 0.29) is 0 Å². The molecule has 5 aromatic rings. The predicted molar refractivity (Wildman–Crippen MR) is 159 cm³/mol. The van der Waals surface area contributed by atoms with Gasteiger partial charge in [0.15, 0.2) is 0 Å². The smallest absolute Gasteiger partial charge is 0.0973 e. The van der Waals surface area contributed by atoms with Crippen molar-refractivity contribution in [3.63, 3.8) is 0 Å². The van der Waals surface area contributed by atoms with Gasteiger partial charge < -0.3 is 5.32 Å². The summed E-state index contributed by atoms with van der Waals surface area (Å²) >= 11 is 3.58. The first-order valence-electron chi connectivity index (χ1n) is 13.3. The summed E-state index contributed by atoms with van der Waals surface area (Å²) < 4.78 is 1.01. The Balaban J connectivity index is 1.12. The summed E-state index contributed by atoms with van der Waals surface area (Å²) in [6.45, 7) is 4.31. The van der Waals surface area contributed by atoms with Crippen LogP contribution in [0.1, 0.15) is 24.0 Å². The van der Waals surface area contributed by atoms with Gasteiger partial charge in [0.1, 0.15) is 0 Å². The molecule has 3 heterocycles. The molecule has 1 N–H and O–H groups in total. The third-order valence-electron chi connectivity index (χ3n) is 8.24. The number of likely N-dealkylation sites (tertiary alicyclic amines) is 1. The summed E-state index contributed by atoms with van der Waals surface area (Å²) in [5.41, 5.74) is 10.3. The number of nitrogens with zero attached hydrogens (tertiary/aromatic N) is 3. The van der Waals surface area contributed by atoms with E-state index in [1.54, 1.807) is 0 Å². The van der Waals surface area contributed by atoms with Crippen molar-refractivity contribution in [2.75, 3.05) is 25.0 Å². The number of anilines is 1. The molecule has 0 saturated carbocycles. The van der Waals surface area contributed by atoms with E-state index < -0.39 is 0 Å². The molecule has 1 fully saturated rings. The molecule has 38 heavy (non-hydrogen) atoms. The van der Waals surface area contributed by atoms with Crippen LogP contribution in [-0.2, 0) is 12.0 Å². The Kier molecular flexibility index (Phi) is 5.98.